The number of hydrogen-bond donors (Lipinski definition) is 2. The van der Waals surface area contributed by atoms with Crippen LogP contribution in [-0.2, 0) is 19.6 Å². The van der Waals surface area contributed by atoms with E-state index < -0.39 is 21.9 Å². The zero-order valence-corrected chi connectivity index (χ0v) is 16.4. The van der Waals surface area contributed by atoms with Gasteiger partial charge >= 0.3 is 5.97 Å². The zero-order chi connectivity index (χ0) is 20.2. The minimum Gasteiger partial charge on any atom is -0.462 e. The number of aromatic nitrogens is 2. The maximum atomic E-state index is 12.6. The summed E-state index contributed by atoms with van der Waals surface area (Å²) in [6.07, 6.45) is 0. The largest absolute Gasteiger partial charge is 0.462 e. The summed E-state index contributed by atoms with van der Waals surface area (Å²) in [5.74, 6) is -0.962. The Morgan fingerprint density at radius 2 is 1.85 bits per heavy atom. The number of anilines is 1. The summed E-state index contributed by atoms with van der Waals surface area (Å²) in [5, 5.41) is 9.10. The van der Waals surface area contributed by atoms with Crippen molar-refractivity contribution >= 4 is 27.6 Å². The molecular formula is C17H22N4O5S. The number of carbonyl (C=O) groups excluding carboxylic acids is 2. The number of aryl methyl sites for hydroxylation is 2. The minimum atomic E-state index is -3.85. The Morgan fingerprint density at radius 3 is 2.37 bits per heavy atom. The summed E-state index contributed by atoms with van der Waals surface area (Å²) >= 11 is 0. The number of amides is 1. The number of sulfonamides is 1. The van der Waals surface area contributed by atoms with Crippen LogP contribution in [0, 0.1) is 13.8 Å². The maximum Gasteiger partial charge on any atom is 0.338 e. The van der Waals surface area contributed by atoms with Gasteiger partial charge < -0.3 is 10.1 Å². The summed E-state index contributed by atoms with van der Waals surface area (Å²) < 4.78 is 31.1. The fourth-order valence-corrected chi connectivity index (χ4v) is 3.92. The van der Waals surface area contributed by atoms with Crippen LogP contribution in [0.1, 0.15) is 28.7 Å². The van der Waals surface area contributed by atoms with Gasteiger partial charge in [0.2, 0.25) is 15.9 Å². The molecule has 0 spiro atoms. The molecule has 1 aromatic heterocycles. The predicted octanol–water partition coefficient (Wildman–Crippen LogP) is 1.46. The Balaban J connectivity index is 2.04. The van der Waals surface area contributed by atoms with Gasteiger partial charge in [-0.2, -0.15) is 9.40 Å². The molecule has 1 aromatic carbocycles. The van der Waals surface area contributed by atoms with E-state index >= 15 is 0 Å². The standard InChI is InChI=1S/C17H22N4O5S/c1-5-26-17(23)13-6-8-14(9-7-13)18-15(22)10-21(4)27(24,25)16-11(2)19-20-12(16)3/h6-9H,5,10H2,1-4H3,(H,18,22)(H,19,20). The number of hydrogen-bond acceptors (Lipinski definition) is 6. The number of carbonyl (C=O) groups is 2. The van der Waals surface area contributed by atoms with E-state index in [0.29, 0.717) is 22.6 Å². The summed E-state index contributed by atoms with van der Waals surface area (Å²) in [5.41, 5.74) is 1.55. The van der Waals surface area contributed by atoms with E-state index in [1.165, 1.54) is 19.2 Å². The van der Waals surface area contributed by atoms with Crippen molar-refractivity contribution < 1.29 is 22.7 Å². The lowest BCUT2D eigenvalue weighted by Gasteiger charge is -2.17. The normalized spacial score (nSPS) is 11.4. The van der Waals surface area contributed by atoms with Gasteiger partial charge in [0.05, 0.1) is 30.1 Å². The lowest BCUT2D eigenvalue weighted by Crippen LogP contribution is -2.35. The van der Waals surface area contributed by atoms with Gasteiger partial charge in [0, 0.05) is 12.7 Å². The molecule has 0 fully saturated rings. The molecule has 0 aliphatic carbocycles. The van der Waals surface area contributed by atoms with Crippen molar-refractivity contribution in [3.05, 3.63) is 41.2 Å². The van der Waals surface area contributed by atoms with Crippen molar-refractivity contribution in [2.24, 2.45) is 0 Å². The van der Waals surface area contributed by atoms with Gasteiger partial charge in [-0.15, -0.1) is 0 Å². The number of nitrogens with zero attached hydrogens (tertiary/aromatic N) is 2. The van der Waals surface area contributed by atoms with E-state index in [1.54, 1.807) is 32.9 Å². The fraction of sp³-hybridized carbons (Fsp3) is 0.353. The first kappa shape index (κ1) is 20.6. The predicted molar refractivity (Wildman–Crippen MR) is 98.9 cm³/mol. The van der Waals surface area contributed by atoms with Gasteiger partial charge in [-0.3, -0.25) is 9.89 Å². The second-order valence-corrected chi connectivity index (χ2v) is 7.85. The van der Waals surface area contributed by atoms with Gasteiger partial charge in [-0.25, -0.2) is 13.2 Å². The van der Waals surface area contributed by atoms with Gasteiger partial charge in [-0.05, 0) is 45.0 Å². The summed E-state index contributed by atoms with van der Waals surface area (Å²) in [6.45, 7) is 4.80. The quantitative estimate of drug-likeness (QED) is 0.686. The molecular weight excluding hydrogens is 372 g/mol. The first-order valence-corrected chi connectivity index (χ1v) is 9.65. The van der Waals surface area contributed by atoms with Gasteiger partial charge in [-0.1, -0.05) is 0 Å². The van der Waals surface area contributed by atoms with Gasteiger partial charge in [0.1, 0.15) is 4.90 Å². The smallest absolute Gasteiger partial charge is 0.338 e. The number of rotatable bonds is 7. The highest BCUT2D eigenvalue weighted by molar-refractivity contribution is 7.89. The van der Waals surface area contributed by atoms with E-state index in [-0.39, 0.29) is 18.0 Å². The Bertz CT molecular complexity index is 915. The highest BCUT2D eigenvalue weighted by atomic mass is 32.2. The van der Waals surface area contributed by atoms with Crippen LogP contribution in [0.5, 0.6) is 0 Å². The monoisotopic (exact) mass is 394 g/mol. The summed E-state index contributed by atoms with van der Waals surface area (Å²) in [7, 11) is -2.53. The highest BCUT2D eigenvalue weighted by Crippen LogP contribution is 2.20. The van der Waals surface area contributed by atoms with E-state index in [4.69, 9.17) is 4.74 Å². The first-order chi connectivity index (χ1) is 12.7. The number of nitrogens with one attached hydrogen (secondary N) is 2. The van der Waals surface area contributed by atoms with Crippen molar-refractivity contribution in [3.63, 3.8) is 0 Å². The lowest BCUT2D eigenvalue weighted by molar-refractivity contribution is -0.116. The zero-order valence-electron chi connectivity index (χ0n) is 15.6. The molecule has 0 unspecified atom stereocenters. The number of benzene rings is 1. The van der Waals surface area contributed by atoms with Crippen molar-refractivity contribution in [2.45, 2.75) is 25.7 Å². The van der Waals surface area contributed by atoms with Crippen LogP contribution in [0.4, 0.5) is 5.69 Å². The molecule has 1 amide bonds. The number of likely N-dealkylation sites (N-methyl/N-ethyl adjacent to an activating group) is 1. The molecule has 0 aliphatic rings. The minimum absolute atomic E-state index is 0.0663. The second kappa shape index (κ2) is 8.31. The third-order valence-electron chi connectivity index (χ3n) is 3.77. The van der Waals surface area contributed by atoms with Crippen LogP contribution in [0.25, 0.3) is 0 Å². The van der Waals surface area contributed by atoms with Crippen LogP contribution in [0.2, 0.25) is 0 Å². The number of ether oxygens (including phenoxy) is 1. The molecule has 0 saturated carbocycles. The average Bonchev–Trinajstić information content (AvgIpc) is 2.94. The molecule has 2 N–H and O–H groups in total. The Kier molecular flexibility index (Phi) is 6.34. The SMILES string of the molecule is CCOC(=O)c1ccc(NC(=O)CN(C)S(=O)(=O)c2c(C)n[nH]c2C)cc1. The molecule has 1 heterocycles. The van der Waals surface area contributed by atoms with Crippen LogP contribution >= 0.6 is 0 Å². The van der Waals surface area contributed by atoms with Crippen LogP contribution in [-0.4, -0.2) is 55.0 Å². The Labute approximate surface area is 157 Å². The maximum absolute atomic E-state index is 12.6. The average molecular weight is 394 g/mol. The Morgan fingerprint density at radius 1 is 1.22 bits per heavy atom. The van der Waals surface area contributed by atoms with E-state index in [2.05, 4.69) is 15.5 Å². The highest BCUT2D eigenvalue weighted by Gasteiger charge is 2.28. The fourth-order valence-electron chi connectivity index (χ4n) is 2.47. The third-order valence-corrected chi connectivity index (χ3v) is 5.84. The van der Waals surface area contributed by atoms with Crippen molar-refractivity contribution in [2.75, 3.05) is 25.5 Å². The molecule has 0 atom stereocenters. The molecule has 0 saturated heterocycles. The summed E-state index contributed by atoms with van der Waals surface area (Å²) in [6, 6.07) is 6.13. The molecule has 9 nitrogen and oxygen atoms in total. The Hall–Kier alpha value is -2.72. The lowest BCUT2D eigenvalue weighted by atomic mass is 10.2. The van der Waals surface area contributed by atoms with Crippen LogP contribution < -0.4 is 5.32 Å². The first-order valence-electron chi connectivity index (χ1n) is 8.21. The molecule has 0 radical (unpaired) electrons. The third kappa shape index (κ3) is 4.72. The molecule has 0 bridgehead atoms. The van der Waals surface area contributed by atoms with Gasteiger partial charge in [0.15, 0.2) is 0 Å². The van der Waals surface area contributed by atoms with Crippen molar-refractivity contribution in [1.82, 2.24) is 14.5 Å². The van der Waals surface area contributed by atoms with Crippen LogP contribution in [0.15, 0.2) is 29.2 Å². The van der Waals surface area contributed by atoms with Crippen molar-refractivity contribution in [1.29, 1.82) is 0 Å². The van der Waals surface area contributed by atoms with E-state index in [9.17, 15) is 18.0 Å². The number of esters is 1. The molecule has 27 heavy (non-hydrogen) atoms. The number of aromatic amines is 1. The van der Waals surface area contributed by atoms with E-state index in [1.807, 2.05) is 0 Å². The topological polar surface area (TPSA) is 121 Å². The van der Waals surface area contributed by atoms with Crippen LogP contribution in [0.3, 0.4) is 0 Å². The molecule has 2 aromatic rings. The molecule has 10 heteroatoms. The molecule has 0 aliphatic heterocycles. The molecule has 2 rings (SSSR count). The van der Waals surface area contributed by atoms with Gasteiger partial charge in [0.25, 0.3) is 0 Å². The summed E-state index contributed by atoms with van der Waals surface area (Å²) in [4.78, 5) is 23.9. The number of H-pyrrole nitrogens is 1. The molecule has 146 valence electrons. The second-order valence-electron chi connectivity index (χ2n) is 5.87. The van der Waals surface area contributed by atoms with Crippen molar-refractivity contribution in [3.8, 4) is 0 Å². The van der Waals surface area contributed by atoms with E-state index in [0.717, 1.165) is 4.31 Å².